The highest BCUT2D eigenvalue weighted by atomic mass is 35.5. The third-order valence-corrected chi connectivity index (χ3v) is 4.88. The summed E-state index contributed by atoms with van der Waals surface area (Å²) in [5.41, 5.74) is 1.90. The second kappa shape index (κ2) is 7.23. The molecule has 8 heteroatoms. The van der Waals surface area contributed by atoms with E-state index in [1.807, 2.05) is 32.9 Å². The molecule has 124 valence electrons. The summed E-state index contributed by atoms with van der Waals surface area (Å²) < 4.78 is 7.67. The molecule has 0 saturated carbocycles. The Hall–Kier alpha value is -1.73. The second-order valence-corrected chi connectivity index (χ2v) is 6.53. The molecule has 0 fully saturated rings. The van der Waals surface area contributed by atoms with Gasteiger partial charge in [-0.1, -0.05) is 23.4 Å². The molecule has 2 rings (SSSR count). The van der Waals surface area contributed by atoms with Gasteiger partial charge in [0.1, 0.15) is 5.75 Å². The zero-order chi connectivity index (χ0) is 17.1. The van der Waals surface area contributed by atoms with Gasteiger partial charge in [0.2, 0.25) is 0 Å². The van der Waals surface area contributed by atoms with Gasteiger partial charge in [-0.25, -0.2) is 0 Å². The fourth-order valence-corrected chi connectivity index (χ4v) is 2.91. The number of aromatic nitrogens is 3. The first kappa shape index (κ1) is 17.6. The third kappa shape index (κ3) is 4.17. The number of benzene rings is 1. The van der Waals surface area contributed by atoms with Crippen LogP contribution in [0.1, 0.15) is 30.0 Å². The van der Waals surface area contributed by atoms with Gasteiger partial charge < -0.3 is 14.4 Å². The Labute approximate surface area is 143 Å². The molecule has 1 heterocycles. The van der Waals surface area contributed by atoms with Crippen molar-refractivity contribution in [3.05, 3.63) is 34.1 Å². The van der Waals surface area contributed by atoms with Crippen molar-refractivity contribution in [1.82, 2.24) is 14.8 Å². The van der Waals surface area contributed by atoms with Gasteiger partial charge in [-0.15, -0.1) is 10.2 Å². The lowest BCUT2D eigenvalue weighted by Crippen LogP contribution is -2.10. The molecule has 1 aromatic heterocycles. The Kier molecular flexibility index (Phi) is 5.54. The lowest BCUT2D eigenvalue weighted by molar-refractivity contribution is -0.133. The zero-order valence-electron chi connectivity index (χ0n) is 13.3. The molecule has 6 nitrogen and oxygen atoms in total. The highest BCUT2D eigenvalue weighted by Crippen LogP contribution is 2.29. The Morgan fingerprint density at radius 3 is 2.57 bits per heavy atom. The Morgan fingerprint density at radius 1 is 1.39 bits per heavy atom. The van der Waals surface area contributed by atoms with Crippen molar-refractivity contribution in [1.29, 1.82) is 0 Å². The second-order valence-electron chi connectivity index (χ2n) is 5.21. The lowest BCUT2D eigenvalue weighted by Gasteiger charge is -2.16. The zero-order valence-corrected chi connectivity index (χ0v) is 14.9. The molecule has 2 aromatic rings. The van der Waals surface area contributed by atoms with Crippen LogP contribution >= 0.6 is 23.4 Å². The van der Waals surface area contributed by atoms with Crippen molar-refractivity contribution in [2.75, 3.05) is 5.75 Å². The number of halogens is 1. The van der Waals surface area contributed by atoms with Crippen LogP contribution in [-0.2, 0) is 11.8 Å². The molecule has 0 aliphatic carbocycles. The molecule has 0 spiro atoms. The maximum atomic E-state index is 10.6. The highest BCUT2D eigenvalue weighted by Gasteiger charge is 2.18. The molecule has 0 aliphatic rings. The van der Waals surface area contributed by atoms with Crippen LogP contribution in [0.5, 0.6) is 5.75 Å². The Balaban J connectivity index is 2.15. The lowest BCUT2D eigenvalue weighted by atomic mass is 10.1. The third-order valence-electron chi connectivity index (χ3n) is 3.28. The number of carboxylic acids is 1. The average molecular weight is 356 g/mol. The summed E-state index contributed by atoms with van der Waals surface area (Å²) in [7, 11) is 1.79. The van der Waals surface area contributed by atoms with Crippen LogP contribution in [0.3, 0.4) is 0 Å². The topological polar surface area (TPSA) is 77.2 Å². The molecule has 1 atom stereocenters. The predicted molar refractivity (Wildman–Crippen MR) is 89.3 cm³/mol. The number of hydrogen-bond donors (Lipinski definition) is 1. The van der Waals surface area contributed by atoms with Crippen molar-refractivity contribution >= 4 is 29.3 Å². The van der Waals surface area contributed by atoms with Crippen LogP contribution in [0.4, 0.5) is 0 Å². The first-order chi connectivity index (χ1) is 10.8. The van der Waals surface area contributed by atoms with E-state index < -0.39 is 5.97 Å². The van der Waals surface area contributed by atoms with Gasteiger partial charge in [0.25, 0.3) is 0 Å². The first-order valence-corrected chi connectivity index (χ1v) is 8.33. The van der Waals surface area contributed by atoms with E-state index >= 15 is 0 Å². The summed E-state index contributed by atoms with van der Waals surface area (Å²) in [6, 6.07) is 3.75. The van der Waals surface area contributed by atoms with Crippen LogP contribution < -0.4 is 4.74 Å². The standard InChI is InChI=1S/C15H18ClN3O3S/c1-8-5-11(6-9(2)13(8)16)22-10(3)14-17-18-15(19(14)4)23-7-12(20)21/h5-6,10H,7H2,1-4H3,(H,20,21). The van der Waals surface area contributed by atoms with Gasteiger partial charge in [0.15, 0.2) is 17.1 Å². The normalized spacial score (nSPS) is 12.2. The molecule has 0 radical (unpaired) electrons. The molecule has 0 aliphatic heterocycles. The summed E-state index contributed by atoms with van der Waals surface area (Å²) in [6.07, 6.45) is -0.327. The van der Waals surface area contributed by atoms with Gasteiger partial charge >= 0.3 is 5.97 Å². The number of carbonyl (C=O) groups is 1. The van der Waals surface area contributed by atoms with Gasteiger partial charge in [-0.3, -0.25) is 4.79 Å². The van der Waals surface area contributed by atoms with Crippen molar-refractivity contribution in [2.45, 2.75) is 32.0 Å². The van der Waals surface area contributed by atoms with E-state index in [1.54, 1.807) is 11.6 Å². The van der Waals surface area contributed by atoms with Crippen LogP contribution in [0.2, 0.25) is 5.02 Å². The van der Waals surface area contributed by atoms with Crippen LogP contribution in [0.25, 0.3) is 0 Å². The first-order valence-electron chi connectivity index (χ1n) is 6.97. The fourth-order valence-electron chi connectivity index (χ4n) is 2.16. The van der Waals surface area contributed by atoms with Crippen molar-refractivity contribution in [3.8, 4) is 5.75 Å². The van der Waals surface area contributed by atoms with Gasteiger partial charge in [0, 0.05) is 12.1 Å². The van der Waals surface area contributed by atoms with Gasteiger partial charge in [-0.05, 0) is 44.0 Å². The van der Waals surface area contributed by atoms with E-state index in [-0.39, 0.29) is 11.9 Å². The molecular weight excluding hydrogens is 338 g/mol. The highest BCUT2D eigenvalue weighted by molar-refractivity contribution is 7.99. The maximum absolute atomic E-state index is 10.6. The van der Waals surface area contributed by atoms with E-state index in [2.05, 4.69) is 10.2 Å². The molecule has 23 heavy (non-hydrogen) atoms. The molecule has 0 saturated heterocycles. The molecule has 1 aromatic carbocycles. The van der Waals surface area contributed by atoms with Crippen LogP contribution in [-0.4, -0.2) is 31.6 Å². The molecule has 0 bridgehead atoms. The summed E-state index contributed by atoms with van der Waals surface area (Å²) in [5, 5.41) is 18.1. The number of aliphatic carboxylic acids is 1. The van der Waals surface area contributed by atoms with Crippen LogP contribution in [0, 0.1) is 13.8 Å². The number of thioether (sulfide) groups is 1. The Bertz CT molecular complexity index is 710. The molecule has 0 amide bonds. The minimum atomic E-state index is -0.893. The number of carboxylic acid groups (broad SMARTS) is 1. The number of nitrogens with zero attached hydrogens (tertiary/aromatic N) is 3. The Morgan fingerprint density at radius 2 is 2.00 bits per heavy atom. The van der Waals surface area contributed by atoms with E-state index in [0.717, 1.165) is 27.9 Å². The number of hydrogen-bond acceptors (Lipinski definition) is 5. The fraction of sp³-hybridized carbons (Fsp3) is 0.400. The average Bonchev–Trinajstić information content (AvgIpc) is 2.83. The van der Waals surface area contributed by atoms with E-state index in [0.29, 0.717) is 16.7 Å². The van der Waals surface area contributed by atoms with Crippen molar-refractivity contribution in [3.63, 3.8) is 0 Å². The summed E-state index contributed by atoms with van der Waals surface area (Å²) in [4.78, 5) is 10.6. The largest absolute Gasteiger partial charge is 0.483 e. The SMILES string of the molecule is Cc1cc(OC(C)c2nnc(SCC(=O)O)n2C)cc(C)c1Cl. The van der Waals surface area contributed by atoms with E-state index in [1.165, 1.54) is 0 Å². The van der Waals surface area contributed by atoms with Crippen LogP contribution in [0.15, 0.2) is 17.3 Å². The number of aryl methyl sites for hydroxylation is 2. The number of ether oxygens (including phenoxy) is 1. The van der Waals surface area contributed by atoms with E-state index in [9.17, 15) is 4.79 Å². The quantitative estimate of drug-likeness (QED) is 0.800. The van der Waals surface area contributed by atoms with E-state index in [4.69, 9.17) is 21.4 Å². The minimum Gasteiger partial charge on any atom is -0.483 e. The summed E-state index contributed by atoms with van der Waals surface area (Å²) >= 11 is 7.28. The molecule has 1 N–H and O–H groups in total. The molecular formula is C15H18ClN3O3S. The van der Waals surface area contributed by atoms with Gasteiger partial charge in [0.05, 0.1) is 5.75 Å². The number of rotatable bonds is 6. The summed E-state index contributed by atoms with van der Waals surface area (Å²) in [5.74, 6) is 0.385. The monoisotopic (exact) mass is 355 g/mol. The maximum Gasteiger partial charge on any atom is 0.313 e. The smallest absolute Gasteiger partial charge is 0.313 e. The molecule has 1 unspecified atom stereocenters. The van der Waals surface area contributed by atoms with Crippen molar-refractivity contribution < 1.29 is 14.6 Å². The van der Waals surface area contributed by atoms with Crippen molar-refractivity contribution in [2.24, 2.45) is 7.05 Å². The summed E-state index contributed by atoms with van der Waals surface area (Å²) in [6.45, 7) is 5.72. The predicted octanol–water partition coefficient (Wildman–Crippen LogP) is 3.40. The van der Waals surface area contributed by atoms with Gasteiger partial charge in [-0.2, -0.15) is 0 Å². The minimum absolute atomic E-state index is 0.0587.